The van der Waals surface area contributed by atoms with E-state index in [9.17, 15) is 9.59 Å². The van der Waals surface area contributed by atoms with Crippen molar-refractivity contribution >= 4 is 41.4 Å². The molecule has 2 aliphatic rings. The molecule has 0 spiro atoms. The fraction of sp³-hybridized carbons (Fsp3) is 0.348. The molecule has 1 aromatic carbocycles. The summed E-state index contributed by atoms with van der Waals surface area (Å²) >= 11 is 0. The molecule has 1 saturated carbocycles. The van der Waals surface area contributed by atoms with Gasteiger partial charge in [-0.05, 0) is 31.0 Å². The molecule has 4 N–H and O–H groups in total. The molecule has 3 heterocycles. The molecule has 1 aliphatic heterocycles. The van der Waals surface area contributed by atoms with Crippen LogP contribution >= 0.6 is 12.4 Å². The zero-order chi connectivity index (χ0) is 26.2. The normalized spacial score (nSPS) is 16.0. The zero-order valence-corrected chi connectivity index (χ0v) is 19.7. The van der Waals surface area contributed by atoms with Crippen LogP contribution in [0.1, 0.15) is 33.1 Å². The van der Waals surface area contributed by atoms with Gasteiger partial charge in [-0.15, -0.1) is 22.6 Å². The SMILES string of the molecule is Cl.[2H]C([2H])([2H])NC(=O)c1nnc(NC(=O)C2CC2)cc1Nc1cccc(-c2cc3n(n2)CCNC3)c1OC. The lowest BCUT2D eigenvalue weighted by Gasteiger charge is -2.16. The first kappa shape index (κ1) is 20.7. The monoisotopic (exact) mass is 501 g/mol. The number of aromatic nitrogens is 4. The molecular formula is C23H27ClN8O3. The summed E-state index contributed by atoms with van der Waals surface area (Å²) in [6.45, 7) is -0.410. The van der Waals surface area contributed by atoms with Gasteiger partial charge in [0, 0.05) is 41.7 Å². The second-order valence-electron chi connectivity index (χ2n) is 8.14. The molecule has 12 heteroatoms. The molecule has 0 unspecified atom stereocenters. The average molecular weight is 502 g/mol. The van der Waals surface area contributed by atoms with Crippen molar-refractivity contribution in [1.29, 1.82) is 0 Å². The van der Waals surface area contributed by atoms with E-state index >= 15 is 0 Å². The molecule has 0 bridgehead atoms. The van der Waals surface area contributed by atoms with Crippen LogP contribution in [0.3, 0.4) is 0 Å². The van der Waals surface area contributed by atoms with Crippen molar-refractivity contribution in [3.63, 3.8) is 0 Å². The van der Waals surface area contributed by atoms with Crippen LogP contribution in [0.25, 0.3) is 11.3 Å². The minimum absolute atomic E-state index is 0. The molecule has 0 atom stereocenters. The summed E-state index contributed by atoms with van der Waals surface area (Å²) in [7, 11) is 1.52. The molecule has 1 fully saturated rings. The first-order chi connectivity index (χ1) is 17.7. The summed E-state index contributed by atoms with van der Waals surface area (Å²) in [5.74, 6) is -0.593. The smallest absolute Gasteiger partial charge is 0.273 e. The fourth-order valence-corrected chi connectivity index (χ4v) is 3.88. The van der Waals surface area contributed by atoms with Gasteiger partial charge in [-0.25, -0.2) is 0 Å². The van der Waals surface area contributed by atoms with Crippen LogP contribution in [0, 0.1) is 5.92 Å². The molecule has 2 amide bonds. The van der Waals surface area contributed by atoms with Crippen LogP contribution in [-0.4, -0.2) is 52.4 Å². The minimum Gasteiger partial charge on any atom is -0.494 e. The van der Waals surface area contributed by atoms with Crippen molar-refractivity contribution in [3.8, 4) is 17.0 Å². The van der Waals surface area contributed by atoms with Crippen molar-refractivity contribution in [2.75, 3.05) is 31.3 Å². The Bertz CT molecular complexity index is 1340. The van der Waals surface area contributed by atoms with Gasteiger partial charge in [-0.3, -0.25) is 14.3 Å². The molecule has 184 valence electrons. The Hall–Kier alpha value is -3.70. The van der Waals surface area contributed by atoms with Crippen molar-refractivity contribution in [2.24, 2.45) is 5.92 Å². The number of nitrogens with one attached hydrogen (secondary N) is 4. The summed E-state index contributed by atoms with van der Waals surface area (Å²) < 4.78 is 29.8. The van der Waals surface area contributed by atoms with Crippen LogP contribution in [0.5, 0.6) is 5.75 Å². The van der Waals surface area contributed by atoms with E-state index in [4.69, 9.17) is 13.9 Å². The van der Waals surface area contributed by atoms with E-state index in [1.54, 1.807) is 6.07 Å². The highest BCUT2D eigenvalue weighted by atomic mass is 35.5. The predicted octanol–water partition coefficient (Wildman–Crippen LogP) is 2.33. The lowest BCUT2D eigenvalue weighted by molar-refractivity contribution is -0.117. The third kappa shape index (κ3) is 5.05. The van der Waals surface area contributed by atoms with Gasteiger partial charge in [0.15, 0.2) is 17.3 Å². The number of hydrogen-bond acceptors (Lipinski definition) is 8. The summed E-state index contributed by atoms with van der Waals surface area (Å²) in [4.78, 5) is 25.0. The number of anilines is 3. The van der Waals surface area contributed by atoms with Crippen molar-refractivity contribution < 1.29 is 18.4 Å². The summed E-state index contributed by atoms with van der Waals surface area (Å²) in [5, 5.41) is 23.6. The maximum atomic E-state index is 12.7. The van der Waals surface area contributed by atoms with Gasteiger partial charge >= 0.3 is 0 Å². The van der Waals surface area contributed by atoms with E-state index < -0.39 is 12.9 Å². The Labute approximate surface area is 212 Å². The van der Waals surface area contributed by atoms with Gasteiger partial charge in [0.05, 0.1) is 36.4 Å². The number of hydrogen-bond donors (Lipinski definition) is 4. The van der Waals surface area contributed by atoms with Gasteiger partial charge in [0.2, 0.25) is 5.91 Å². The fourth-order valence-electron chi connectivity index (χ4n) is 3.88. The van der Waals surface area contributed by atoms with Crippen LogP contribution in [0.2, 0.25) is 0 Å². The molecule has 0 saturated heterocycles. The van der Waals surface area contributed by atoms with E-state index in [1.165, 1.54) is 13.2 Å². The number of methoxy groups -OCH3 is 1. The second-order valence-corrected chi connectivity index (χ2v) is 8.14. The molecule has 5 rings (SSSR count). The highest BCUT2D eigenvalue weighted by Crippen LogP contribution is 2.38. The molecule has 11 nitrogen and oxygen atoms in total. The highest BCUT2D eigenvalue weighted by Gasteiger charge is 2.30. The van der Waals surface area contributed by atoms with Crippen LogP contribution in [0.4, 0.5) is 17.2 Å². The highest BCUT2D eigenvalue weighted by molar-refractivity contribution is 6.00. The summed E-state index contributed by atoms with van der Waals surface area (Å²) in [6, 6.07) is 8.86. The number of nitrogens with zero attached hydrogens (tertiary/aromatic N) is 4. The molecule has 0 radical (unpaired) electrons. The Morgan fingerprint density at radius 3 is 2.83 bits per heavy atom. The van der Waals surface area contributed by atoms with E-state index in [1.807, 2.05) is 28.2 Å². The average Bonchev–Trinajstić information content (AvgIpc) is 3.61. The number of ether oxygens (including phenoxy) is 1. The lowest BCUT2D eigenvalue weighted by Crippen LogP contribution is -2.28. The minimum atomic E-state index is -2.72. The number of rotatable bonds is 7. The number of benzene rings is 1. The Morgan fingerprint density at radius 2 is 2.09 bits per heavy atom. The van der Waals surface area contributed by atoms with Crippen LogP contribution < -0.4 is 26.0 Å². The van der Waals surface area contributed by atoms with E-state index in [-0.39, 0.29) is 41.4 Å². The molecule has 2 aromatic heterocycles. The Kier molecular flexibility index (Phi) is 6.07. The van der Waals surface area contributed by atoms with Gasteiger partial charge < -0.3 is 26.0 Å². The number of carbonyl (C=O) groups excluding carboxylic acids is 2. The van der Waals surface area contributed by atoms with Gasteiger partial charge in [0.1, 0.15) is 0 Å². The maximum Gasteiger partial charge on any atom is 0.273 e. The zero-order valence-electron chi connectivity index (χ0n) is 21.9. The number of carbonyl (C=O) groups is 2. The number of halogens is 1. The largest absolute Gasteiger partial charge is 0.494 e. The van der Waals surface area contributed by atoms with Crippen molar-refractivity contribution in [3.05, 3.63) is 41.7 Å². The second kappa shape index (κ2) is 10.3. The van der Waals surface area contributed by atoms with E-state index in [0.29, 0.717) is 18.0 Å². The lowest BCUT2D eigenvalue weighted by atomic mass is 10.1. The molecule has 35 heavy (non-hydrogen) atoms. The maximum absolute atomic E-state index is 12.7. The molecular weight excluding hydrogens is 472 g/mol. The van der Waals surface area contributed by atoms with Gasteiger partial charge in [0.25, 0.3) is 5.91 Å². The summed E-state index contributed by atoms with van der Waals surface area (Å²) in [6.07, 6.45) is 1.61. The first-order valence-electron chi connectivity index (χ1n) is 12.4. The van der Waals surface area contributed by atoms with E-state index in [0.717, 1.165) is 42.9 Å². The predicted molar refractivity (Wildman–Crippen MR) is 133 cm³/mol. The van der Waals surface area contributed by atoms with Gasteiger partial charge in [-0.2, -0.15) is 5.10 Å². The van der Waals surface area contributed by atoms with E-state index in [2.05, 4.69) is 26.1 Å². The number of para-hydroxylation sites is 1. The molecule has 1 aliphatic carbocycles. The van der Waals surface area contributed by atoms with Gasteiger partial charge in [-0.1, -0.05) is 6.07 Å². The van der Waals surface area contributed by atoms with Crippen LogP contribution in [-0.2, 0) is 17.9 Å². The Morgan fingerprint density at radius 1 is 1.23 bits per heavy atom. The standard InChI is InChI=1S/C23H26N8O3.ClH/c1-24-23(33)20-18(11-19(28-29-20)27-22(32)13-6-7-13)26-16-5-3-4-15(21(16)34-2)17-10-14-12-25-8-9-31(14)30-17;/h3-5,10-11,13,25H,6-9,12H2,1-2H3,(H,24,33)(H2,26,27,28,32);1H/i1D3;. The topological polar surface area (TPSA) is 135 Å². The third-order valence-electron chi connectivity index (χ3n) is 5.76. The summed E-state index contributed by atoms with van der Waals surface area (Å²) in [5.41, 5.74) is 2.89. The third-order valence-corrected chi connectivity index (χ3v) is 5.76. The number of amides is 2. The van der Waals surface area contributed by atoms with Crippen LogP contribution in [0.15, 0.2) is 30.3 Å². The Balaban J connectivity index is 0.00000336. The quantitative estimate of drug-likeness (QED) is 0.387. The first-order valence-corrected chi connectivity index (χ1v) is 10.9. The van der Waals surface area contributed by atoms with Crippen molar-refractivity contribution in [1.82, 2.24) is 30.6 Å². The molecule has 3 aromatic rings. The number of fused-ring (bicyclic) bond motifs is 1. The van der Waals surface area contributed by atoms with Crippen molar-refractivity contribution in [2.45, 2.75) is 25.9 Å².